The van der Waals surface area contributed by atoms with Gasteiger partial charge < -0.3 is 24.3 Å². The Hall–Kier alpha value is -3.26. The average molecular weight is 414 g/mol. The summed E-state index contributed by atoms with van der Waals surface area (Å²) in [6.45, 7) is 0. The molecule has 1 amide bonds. The van der Waals surface area contributed by atoms with Crippen LogP contribution in [0.2, 0.25) is 0 Å². The first-order chi connectivity index (χ1) is 14.1. The van der Waals surface area contributed by atoms with E-state index >= 15 is 0 Å². The number of rotatable bonds is 8. The van der Waals surface area contributed by atoms with E-state index in [1.54, 1.807) is 46.6 Å². The number of carbonyl (C=O) groups is 1. The lowest BCUT2D eigenvalue weighted by Crippen LogP contribution is -2.14. The zero-order valence-electron chi connectivity index (χ0n) is 16.6. The Morgan fingerprint density at radius 3 is 2.24 bits per heavy atom. The van der Waals surface area contributed by atoms with Crippen LogP contribution < -0.4 is 24.3 Å². The van der Waals surface area contributed by atoms with Gasteiger partial charge in [-0.25, -0.2) is 4.98 Å². The highest BCUT2D eigenvalue weighted by Crippen LogP contribution is 2.33. The highest BCUT2D eigenvalue weighted by molar-refractivity contribution is 7.13. The number of nitrogens with one attached hydrogen (secondary N) is 1. The van der Waals surface area contributed by atoms with E-state index in [-0.39, 0.29) is 12.3 Å². The van der Waals surface area contributed by atoms with Gasteiger partial charge >= 0.3 is 0 Å². The molecule has 0 saturated carbocycles. The first kappa shape index (κ1) is 20.5. The number of carbonyl (C=O) groups excluding carboxylic acids is 1. The van der Waals surface area contributed by atoms with E-state index in [9.17, 15) is 4.79 Å². The molecule has 0 spiro atoms. The number of benzene rings is 2. The van der Waals surface area contributed by atoms with Crippen LogP contribution in [0.3, 0.4) is 0 Å². The summed E-state index contributed by atoms with van der Waals surface area (Å²) in [5.41, 5.74) is 2.19. The number of ether oxygens (including phenoxy) is 4. The molecule has 0 radical (unpaired) electrons. The Morgan fingerprint density at radius 2 is 1.62 bits per heavy atom. The van der Waals surface area contributed by atoms with Gasteiger partial charge in [0.05, 0.1) is 40.6 Å². The molecular formula is C21H22N2O5S. The summed E-state index contributed by atoms with van der Waals surface area (Å²) >= 11 is 1.47. The molecule has 0 unspecified atom stereocenters. The number of thiazole rings is 1. The fraction of sp³-hybridized carbons (Fsp3) is 0.238. The highest BCUT2D eigenvalue weighted by atomic mass is 32.1. The van der Waals surface area contributed by atoms with E-state index in [4.69, 9.17) is 18.9 Å². The van der Waals surface area contributed by atoms with E-state index in [1.165, 1.54) is 11.3 Å². The normalized spacial score (nSPS) is 10.3. The van der Waals surface area contributed by atoms with Crippen molar-refractivity contribution in [3.63, 3.8) is 0 Å². The Balaban J connectivity index is 1.71. The van der Waals surface area contributed by atoms with Crippen molar-refractivity contribution < 1.29 is 23.7 Å². The van der Waals surface area contributed by atoms with Crippen LogP contribution in [-0.2, 0) is 11.2 Å². The molecule has 0 bridgehead atoms. The SMILES string of the molecule is COc1cc(NC(=O)Cc2csc(-c3ccc(OC)c(OC)c3)n2)cc(OC)c1. The number of nitrogens with zero attached hydrogens (tertiary/aromatic N) is 1. The molecule has 0 saturated heterocycles. The van der Waals surface area contributed by atoms with Crippen LogP contribution in [0.15, 0.2) is 41.8 Å². The molecular weight excluding hydrogens is 392 g/mol. The first-order valence-corrected chi connectivity index (χ1v) is 9.64. The van der Waals surface area contributed by atoms with Crippen LogP contribution >= 0.6 is 11.3 Å². The van der Waals surface area contributed by atoms with Gasteiger partial charge in [0.15, 0.2) is 11.5 Å². The summed E-state index contributed by atoms with van der Waals surface area (Å²) in [6.07, 6.45) is 0.156. The van der Waals surface area contributed by atoms with Gasteiger partial charge in [0.1, 0.15) is 16.5 Å². The van der Waals surface area contributed by atoms with Gasteiger partial charge in [0.25, 0.3) is 0 Å². The standard InChI is InChI=1S/C21H22N2O5S/c1-25-16-8-14(9-17(11-16)26-2)22-20(24)10-15-12-29-21(23-15)13-5-6-18(27-3)19(7-13)28-4/h5-9,11-12H,10H2,1-4H3,(H,22,24). The summed E-state index contributed by atoms with van der Waals surface area (Å²) in [5.74, 6) is 2.31. The monoisotopic (exact) mass is 414 g/mol. The van der Waals surface area contributed by atoms with Crippen molar-refractivity contribution in [2.75, 3.05) is 33.8 Å². The lowest BCUT2D eigenvalue weighted by Gasteiger charge is -2.09. The molecule has 1 aromatic heterocycles. The number of amides is 1. The Bertz CT molecular complexity index is 980. The van der Waals surface area contributed by atoms with Crippen LogP contribution in [0.5, 0.6) is 23.0 Å². The van der Waals surface area contributed by atoms with E-state index in [0.717, 1.165) is 10.6 Å². The van der Waals surface area contributed by atoms with Gasteiger partial charge in [0, 0.05) is 34.8 Å². The molecule has 152 valence electrons. The first-order valence-electron chi connectivity index (χ1n) is 8.76. The largest absolute Gasteiger partial charge is 0.497 e. The number of hydrogen-bond acceptors (Lipinski definition) is 7. The Labute approximate surface area is 173 Å². The minimum atomic E-state index is -0.176. The van der Waals surface area contributed by atoms with Crippen molar-refractivity contribution in [1.82, 2.24) is 4.98 Å². The maximum absolute atomic E-state index is 12.4. The Morgan fingerprint density at radius 1 is 0.931 bits per heavy atom. The van der Waals surface area contributed by atoms with Gasteiger partial charge in [-0.3, -0.25) is 4.79 Å². The molecule has 7 nitrogen and oxygen atoms in total. The summed E-state index contributed by atoms with van der Waals surface area (Å²) in [6, 6.07) is 10.8. The second-order valence-corrected chi connectivity index (χ2v) is 6.90. The molecule has 3 aromatic rings. The third kappa shape index (κ3) is 4.97. The summed E-state index contributed by atoms with van der Waals surface area (Å²) in [4.78, 5) is 17.0. The summed E-state index contributed by atoms with van der Waals surface area (Å²) in [5, 5.41) is 5.53. The molecule has 0 atom stereocenters. The predicted octanol–water partition coefficient (Wildman–Crippen LogP) is 4.03. The quantitative estimate of drug-likeness (QED) is 0.600. The molecule has 29 heavy (non-hydrogen) atoms. The average Bonchev–Trinajstić information content (AvgIpc) is 3.20. The molecule has 2 aromatic carbocycles. The van der Waals surface area contributed by atoms with Crippen molar-refractivity contribution >= 4 is 22.9 Å². The van der Waals surface area contributed by atoms with Gasteiger partial charge in [0.2, 0.25) is 5.91 Å². The second-order valence-electron chi connectivity index (χ2n) is 6.04. The van der Waals surface area contributed by atoms with Crippen LogP contribution in [0.1, 0.15) is 5.69 Å². The predicted molar refractivity (Wildman–Crippen MR) is 113 cm³/mol. The van der Waals surface area contributed by atoms with Crippen molar-refractivity contribution in [3.05, 3.63) is 47.5 Å². The minimum Gasteiger partial charge on any atom is -0.497 e. The summed E-state index contributed by atoms with van der Waals surface area (Å²) in [7, 11) is 6.30. The van der Waals surface area contributed by atoms with Crippen LogP contribution in [-0.4, -0.2) is 39.3 Å². The van der Waals surface area contributed by atoms with E-state index in [1.807, 2.05) is 23.6 Å². The fourth-order valence-corrected chi connectivity index (χ4v) is 3.56. The molecule has 0 fully saturated rings. The second kappa shape index (κ2) is 9.29. The lowest BCUT2D eigenvalue weighted by molar-refractivity contribution is -0.115. The number of hydrogen-bond donors (Lipinski definition) is 1. The van der Waals surface area contributed by atoms with Gasteiger partial charge in [-0.15, -0.1) is 11.3 Å². The van der Waals surface area contributed by atoms with Crippen LogP contribution in [0, 0.1) is 0 Å². The van der Waals surface area contributed by atoms with E-state index < -0.39 is 0 Å². The van der Waals surface area contributed by atoms with Gasteiger partial charge in [-0.1, -0.05) is 0 Å². The van der Waals surface area contributed by atoms with Crippen LogP contribution in [0.4, 0.5) is 5.69 Å². The maximum atomic E-state index is 12.4. The third-order valence-corrected chi connectivity index (χ3v) is 5.10. The third-order valence-electron chi connectivity index (χ3n) is 4.16. The zero-order chi connectivity index (χ0) is 20.8. The molecule has 0 aliphatic carbocycles. The van der Waals surface area contributed by atoms with E-state index in [0.29, 0.717) is 34.4 Å². The molecule has 1 N–H and O–H groups in total. The van der Waals surface area contributed by atoms with Crippen molar-refractivity contribution in [2.45, 2.75) is 6.42 Å². The number of aromatic nitrogens is 1. The molecule has 8 heteroatoms. The minimum absolute atomic E-state index is 0.156. The van der Waals surface area contributed by atoms with Crippen LogP contribution in [0.25, 0.3) is 10.6 Å². The highest BCUT2D eigenvalue weighted by Gasteiger charge is 2.13. The number of anilines is 1. The maximum Gasteiger partial charge on any atom is 0.230 e. The molecule has 3 rings (SSSR count). The lowest BCUT2D eigenvalue weighted by atomic mass is 10.2. The van der Waals surface area contributed by atoms with Crippen molar-refractivity contribution in [3.8, 4) is 33.6 Å². The molecule has 1 heterocycles. The molecule has 0 aliphatic heterocycles. The smallest absolute Gasteiger partial charge is 0.230 e. The van der Waals surface area contributed by atoms with Gasteiger partial charge in [-0.2, -0.15) is 0 Å². The Kier molecular flexibility index (Phi) is 6.56. The van der Waals surface area contributed by atoms with Crippen molar-refractivity contribution in [1.29, 1.82) is 0 Å². The number of methoxy groups -OCH3 is 4. The molecule has 0 aliphatic rings. The van der Waals surface area contributed by atoms with Crippen molar-refractivity contribution in [2.24, 2.45) is 0 Å². The fourth-order valence-electron chi connectivity index (χ4n) is 2.74. The van der Waals surface area contributed by atoms with E-state index in [2.05, 4.69) is 10.3 Å². The topological polar surface area (TPSA) is 78.9 Å². The zero-order valence-corrected chi connectivity index (χ0v) is 17.5. The van der Waals surface area contributed by atoms with Gasteiger partial charge in [-0.05, 0) is 18.2 Å². The summed E-state index contributed by atoms with van der Waals surface area (Å²) < 4.78 is 21.1.